The van der Waals surface area contributed by atoms with Gasteiger partial charge in [-0.1, -0.05) is 48.9 Å². The van der Waals surface area contributed by atoms with Crippen molar-refractivity contribution in [2.45, 2.75) is 25.2 Å². The van der Waals surface area contributed by atoms with Crippen LogP contribution in [-0.4, -0.2) is 17.7 Å². The normalized spacial score (nSPS) is 10.1. The lowest BCUT2D eigenvalue weighted by molar-refractivity contribution is -0.0980. The lowest BCUT2D eigenvalue weighted by Crippen LogP contribution is -1.98. The predicted octanol–water partition coefficient (Wildman–Crippen LogP) is 6.69. The Labute approximate surface area is 184 Å². The number of anilines is 1. The highest BCUT2D eigenvalue weighted by Crippen LogP contribution is 2.38. The van der Waals surface area contributed by atoms with Crippen LogP contribution in [0.4, 0.5) is 10.1 Å². The Morgan fingerprint density at radius 2 is 1.83 bits per heavy atom. The third-order valence-electron chi connectivity index (χ3n) is 4.34. The van der Waals surface area contributed by atoms with Crippen molar-refractivity contribution in [1.82, 2.24) is 0 Å². The quantitative estimate of drug-likeness (QED) is 0.327. The van der Waals surface area contributed by atoms with Crippen LogP contribution >= 0.6 is 23.5 Å². The number of nitrogens with one attached hydrogen (secondary N) is 1. The van der Waals surface area contributed by atoms with E-state index in [9.17, 15) is 14.3 Å². The highest BCUT2D eigenvalue weighted by Gasteiger charge is 2.15. The Morgan fingerprint density at radius 1 is 1.17 bits per heavy atom. The highest BCUT2D eigenvalue weighted by molar-refractivity contribution is 8.00. The minimum absolute atomic E-state index is 0.0620. The summed E-state index contributed by atoms with van der Waals surface area (Å²) in [5, 5.41) is 10.4. The molecule has 0 aromatic heterocycles. The molecular weight excluding hydrogens is 425 g/mol. The lowest BCUT2D eigenvalue weighted by Gasteiger charge is -2.14. The molecule has 3 aromatic rings. The number of hydrogen-bond donors (Lipinski definition) is 2. The van der Waals surface area contributed by atoms with Crippen LogP contribution in [0, 0.1) is 12.7 Å². The molecule has 0 aliphatic heterocycles. The number of aromatic hydroxyl groups is 1. The third-order valence-corrected chi connectivity index (χ3v) is 5.48. The van der Waals surface area contributed by atoms with Gasteiger partial charge in [0.1, 0.15) is 18.4 Å². The van der Waals surface area contributed by atoms with Gasteiger partial charge in [0, 0.05) is 23.2 Å². The highest BCUT2D eigenvalue weighted by atomic mass is 35.5. The number of ketones is 1. The van der Waals surface area contributed by atoms with E-state index in [0.29, 0.717) is 28.1 Å². The number of phenolic OH excluding ortho intramolecular Hbond substituents is 1. The van der Waals surface area contributed by atoms with Crippen molar-refractivity contribution in [3.05, 3.63) is 76.6 Å². The molecule has 0 fully saturated rings. The molecule has 0 heterocycles. The summed E-state index contributed by atoms with van der Waals surface area (Å²) in [5.74, 6) is -0.469. The summed E-state index contributed by atoms with van der Waals surface area (Å²) in [6, 6.07) is 15.5. The van der Waals surface area contributed by atoms with Crippen molar-refractivity contribution in [1.29, 1.82) is 0 Å². The van der Waals surface area contributed by atoms with Crippen LogP contribution in [0.1, 0.15) is 29.3 Å². The second-order valence-corrected chi connectivity index (χ2v) is 7.55. The molecule has 0 radical (unpaired) electrons. The zero-order valence-corrected chi connectivity index (χ0v) is 18.1. The van der Waals surface area contributed by atoms with Gasteiger partial charge in [0.2, 0.25) is 0 Å². The van der Waals surface area contributed by atoms with Gasteiger partial charge < -0.3 is 14.6 Å². The molecule has 0 aliphatic carbocycles. The summed E-state index contributed by atoms with van der Waals surface area (Å²) < 4.78 is 17.6. The van der Waals surface area contributed by atoms with Crippen molar-refractivity contribution >= 4 is 41.8 Å². The number of carbonyl (C=O) groups is 2. The molecule has 0 amide bonds. The van der Waals surface area contributed by atoms with Crippen LogP contribution in [0.25, 0.3) is 11.1 Å². The number of rotatable bonds is 6. The maximum absolute atomic E-state index is 14.4. The van der Waals surface area contributed by atoms with E-state index in [1.165, 1.54) is 12.1 Å². The van der Waals surface area contributed by atoms with Gasteiger partial charge in [0.05, 0.1) is 9.92 Å². The van der Waals surface area contributed by atoms with Crippen LogP contribution in [0.5, 0.6) is 5.75 Å². The Balaban J connectivity index is 0.00000155. The zero-order valence-electron chi connectivity index (χ0n) is 16.5. The average Bonchev–Trinajstić information content (AvgIpc) is 2.77. The SMILES string of the molecule is C=O.CCC(=O)c1cc(Cl)c(O)c(SNc2cc(-c3ccccc3)c(F)cc2C)c1. The van der Waals surface area contributed by atoms with Crippen molar-refractivity contribution in [3.63, 3.8) is 0 Å². The molecule has 0 aliphatic rings. The Morgan fingerprint density at radius 3 is 2.47 bits per heavy atom. The van der Waals surface area contributed by atoms with Crippen molar-refractivity contribution in [3.8, 4) is 16.9 Å². The minimum atomic E-state index is -0.305. The van der Waals surface area contributed by atoms with E-state index < -0.39 is 0 Å². The maximum Gasteiger partial charge on any atom is 0.162 e. The summed E-state index contributed by atoms with van der Waals surface area (Å²) in [5.41, 5.74) is 3.11. The molecule has 0 bridgehead atoms. The first-order valence-electron chi connectivity index (χ1n) is 9.03. The van der Waals surface area contributed by atoms with E-state index in [1.54, 1.807) is 26.0 Å². The van der Waals surface area contributed by atoms with E-state index >= 15 is 0 Å². The molecule has 7 heteroatoms. The molecule has 4 nitrogen and oxygen atoms in total. The molecule has 0 saturated carbocycles. The van der Waals surface area contributed by atoms with Gasteiger partial charge in [-0.2, -0.15) is 0 Å². The zero-order chi connectivity index (χ0) is 22.3. The molecule has 3 aromatic carbocycles. The summed E-state index contributed by atoms with van der Waals surface area (Å²) in [6.07, 6.45) is 0.343. The van der Waals surface area contributed by atoms with E-state index in [1.807, 2.05) is 37.1 Å². The van der Waals surface area contributed by atoms with Gasteiger partial charge >= 0.3 is 0 Å². The van der Waals surface area contributed by atoms with Crippen LogP contribution in [0.3, 0.4) is 0 Å². The standard InChI is InChI=1S/C22H19ClFNO2S.CH2O/c1-3-20(26)15-10-17(23)22(27)21(11-15)28-25-19-12-16(18(24)9-13(19)2)14-7-5-4-6-8-14;1-2/h4-12,25,27H,3H2,1-2H3;1H2. The lowest BCUT2D eigenvalue weighted by atomic mass is 10.0. The van der Waals surface area contributed by atoms with Crippen LogP contribution in [0.2, 0.25) is 5.02 Å². The van der Waals surface area contributed by atoms with E-state index in [0.717, 1.165) is 23.1 Å². The fourth-order valence-corrected chi connectivity index (χ4v) is 3.86. The van der Waals surface area contributed by atoms with Gasteiger partial charge in [0.25, 0.3) is 0 Å². The number of carbonyl (C=O) groups excluding carboxylic acids is 2. The number of Topliss-reactive ketones (excluding diaryl/α,β-unsaturated/α-hetero) is 1. The van der Waals surface area contributed by atoms with Gasteiger partial charge in [-0.15, -0.1) is 0 Å². The Bertz CT molecular complexity index is 1040. The monoisotopic (exact) mass is 445 g/mol. The number of hydrogen-bond acceptors (Lipinski definition) is 5. The van der Waals surface area contributed by atoms with Crippen molar-refractivity contribution in [2.24, 2.45) is 0 Å². The number of phenols is 1. The second-order valence-electron chi connectivity index (χ2n) is 6.30. The average molecular weight is 446 g/mol. The fraction of sp³-hybridized carbons (Fsp3) is 0.130. The minimum Gasteiger partial charge on any atom is -0.505 e. The van der Waals surface area contributed by atoms with Gasteiger partial charge in [-0.05, 0) is 54.3 Å². The van der Waals surface area contributed by atoms with Crippen molar-refractivity contribution < 1.29 is 19.1 Å². The predicted molar refractivity (Wildman–Crippen MR) is 121 cm³/mol. The summed E-state index contributed by atoms with van der Waals surface area (Å²) >= 11 is 7.19. The summed E-state index contributed by atoms with van der Waals surface area (Å²) in [4.78, 5) is 20.4. The van der Waals surface area contributed by atoms with E-state index in [-0.39, 0.29) is 22.4 Å². The molecule has 0 unspecified atom stereocenters. The first-order valence-corrected chi connectivity index (χ1v) is 10.2. The second kappa shape index (κ2) is 10.8. The molecule has 0 saturated heterocycles. The molecule has 3 rings (SSSR count). The van der Waals surface area contributed by atoms with Crippen LogP contribution < -0.4 is 4.72 Å². The van der Waals surface area contributed by atoms with E-state index in [2.05, 4.69) is 4.72 Å². The van der Waals surface area contributed by atoms with Crippen LogP contribution in [0.15, 0.2) is 59.5 Å². The Hall–Kier alpha value is -2.83. The van der Waals surface area contributed by atoms with Crippen molar-refractivity contribution in [2.75, 3.05) is 4.72 Å². The van der Waals surface area contributed by atoms with Crippen LogP contribution in [-0.2, 0) is 4.79 Å². The topological polar surface area (TPSA) is 66.4 Å². The molecular formula is C23H21ClFNO3S. The number of aryl methyl sites for hydroxylation is 1. The van der Waals surface area contributed by atoms with Gasteiger partial charge in [-0.3, -0.25) is 4.79 Å². The first kappa shape index (κ1) is 23.4. The van der Waals surface area contributed by atoms with E-state index in [4.69, 9.17) is 16.4 Å². The smallest absolute Gasteiger partial charge is 0.162 e. The first-order chi connectivity index (χ1) is 14.4. The molecule has 2 N–H and O–H groups in total. The largest absolute Gasteiger partial charge is 0.505 e. The molecule has 156 valence electrons. The maximum atomic E-state index is 14.4. The fourth-order valence-electron chi connectivity index (χ4n) is 2.75. The molecule has 0 spiro atoms. The Kier molecular flexibility index (Phi) is 8.45. The molecule has 30 heavy (non-hydrogen) atoms. The third kappa shape index (κ3) is 5.40. The number of halogens is 2. The van der Waals surface area contributed by atoms with Gasteiger partial charge in [-0.25, -0.2) is 4.39 Å². The summed E-state index contributed by atoms with van der Waals surface area (Å²) in [6.45, 7) is 5.56. The van der Waals surface area contributed by atoms with Gasteiger partial charge in [0.15, 0.2) is 5.78 Å². The molecule has 0 atom stereocenters. The number of benzene rings is 3. The summed E-state index contributed by atoms with van der Waals surface area (Å²) in [7, 11) is 0.